The van der Waals surface area contributed by atoms with Crippen LogP contribution < -0.4 is 5.73 Å². The van der Waals surface area contributed by atoms with E-state index in [0.717, 1.165) is 5.56 Å². The van der Waals surface area contributed by atoms with Gasteiger partial charge in [0.25, 0.3) is 0 Å². The Morgan fingerprint density at radius 1 is 1.50 bits per heavy atom. The molecule has 0 spiro atoms. The molecule has 0 aliphatic carbocycles. The molecule has 0 radical (unpaired) electrons. The Morgan fingerprint density at radius 3 is 2.81 bits per heavy atom. The Hall–Kier alpha value is -1.61. The highest BCUT2D eigenvalue weighted by Gasteiger charge is 2.26. The summed E-state index contributed by atoms with van der Waals surface area (Å²) in [5.74, 6) is 1.22. The van der Waals surface area contributed by atoms with Gasteiger partial charge in [-0.1, -0.05) is 36.4 Å². The highest BCUT2D eigenvalue weighted by molar-refractivity contribution is 5.84. The van der Waals surface area contributed by atoms with Gasteiger partial charge in [0.05, 0.1) is 6.04 Å². The molecule has 2 unspecified atom stereocenters. The summed E-state index contributed by atoms with van der Waals surface area (Å²) in [6.45, 7) is 7.79. The second-order valence-electron chi connectivity index (χ2n) is 4.14. The second kappa shape index (κ2) is 4.10. The molecule has 1 heterocycles. The van der Waals surface area contributed by atoms with Gasteiger partial charge in [0.2, 0.25) is 5.90 Å². The molecule has 16 heavy (non-hydrogen) atoms. The molecule has 0 bridgehead atoms. The fourth-order valence-electron chi connectivity index (χ4n) is 1.73. The molecule has 2 N–H and O–H groups in total. The minimum absolute atomic E-state index is 0.110. The third-order valence-corrected chi connectivity index (χ3v) is 2.54. The van der Waals surface area contributed by atoms with Crippen LogP contribution in [0.5, 0.6) is 0 Å². The van der Waals surface area contributed by atoms with Crippen LogP contribution in [0, 0.1) is 6.92 Å². The standard InChI is InChI=1S/C13H16N2O/c1-8-5-4-6-11(7-8)12-10(3)16-13(15-12)9(2)14/h4-7,9,12H,3,14H2,1-2H3. The van der Waals surface area contributed by atoms with Crippen LogP contribution >= 0.6 is 0 Å². The topological polar surface area (TPSA) is 47.6 Å². The van der Waals surface area contributed by atoms with Crippen molar-refractivity contribution in [2.24, 2.45) is 10.7 Å². The first-order chi connectivity index (χ1) is 7.58. The van der Waals surface area contributed by atoms with Gasteiger partial charge in [0.1, 0.15) is 11.8 Å². The van der Waals surface area contributed by atoms with Crippen LogP contribution in [0.25, 0.3) is 0 Å². The Kier molecular flexibility index (Phi) is 2.79. The van der Waals surface area contributed by atoms with Gasteiger partial charge in [0, 0.05) is 0 Å². The number of hydrogen-bond donors (Lipinski definition) is 1. The number of ether oxygens (including phenoxy) is 1. The summed E-state index contributed by atoms with van der Waals surface area (Å²) in [4.78, 5) is 4.45. The van der Waals surface area contributed by atoms with Crippen molar-refractivity contribution in [3.63, 3.8) is 0 Å². The number of rotatable bonds is 2. The molecule has 1 aromatic carbocycles. The number of nitrogens with zero attached hydrogens (tertiary/aromatic N) is 1. The molecule has 1 aliphatic heterocycles. The third kappa shape index (κ3) is 1.99. The molecule has 3 nitrogen and oxygen atoms in total. The van der Waals surface area contributed by atoms with Gasteiger partial charge < -0.3 is 10.5 Å². The summed E-state index contributed by atoms with van der Waals surface area (Å²) in [7, 11) is 0. The molecule has 2 atom stereocenters. The minimum Gasteiger partial charge on any atom is -0.444 e. The first-order valence-corrected chi connectivity index (χ1v) is 5.34. The molecule has 84 valence electrons. The third-order valence-electron chi connectivity index (χ3n) is 2.54. The van der Waals surface area contributed by atoms with Crippen molar-refractivity contribution in [3.8, 4) is 0 Å². The molecule has 0 aromatic heterocycles. The van der Waals surface area contributed by atoms with E-state index < -0.39 is 0 Å². The molecule has 1 aromatic rings. The molecule has 3 heteroatoms. The van der Waals surface area contributed by atoms with E-state index in [2.05, 4.69) is 30.6 Å². The van der Waals surface area contributed by atoms with Crippen LogP contribution in [0.1, 0.15) is 24.1 Å². The van der Waals surface area contributed by atoms with E-state index in [1.165, 1.54) is 5.56 Å². The predicted molar refractivity (Wildman–Crippen MR) is 65.2 cm³/mol. The number of aliphatic imine (C=N–C) groups is 1. The number of hydrogen-bond acceptors (Lipinski definition) is 3. The molecule has 0 saturated carbocycles. The first kappa shape index (κ1) is 10.9. The molecule has 0 amide bonds. The van der Waals surface area contributed by atoms with Gasteiger partial charge in [-0.25, -0.2) is 4.99 Å². The molecule has 2 rings (SSSR count). The Morgan fingerprint density at radius 2 is 2.25 bits per heavy atom. The Balaban J connectivity index is 2.31. The quantitative estimate of drug-likeness (QED) is 0.824. The van der Waals surface area contributed by atoms with Crippen molar-refractivity contribution in [3.05, 3.63) is 47.7 Å². The zero-order chi connectivity index (χ0) is 11.7. The number of benzene rings is 1. The molecule has 0 saturated heterocycles. The van der Waals surface area contributed by atoms with Crippen molar-refractivity contribution in [1.82, 2.24) is 0 Å². The van der Waals surface area contributed by atoms with Crippen LogP contribution in [0.2, 0.25) is 0 Å². The van der Waals surface area contributed by atoms with Crippen LogP contribution in [0.3, 0.4) is 0 Å². The number of aryl methyl sites for hydroxylation is 1. The lowest BCUT2D eigenvalue weighted by atomic mass is 10.0. The summed E-state index contributed by atoms with van der Waals surface area (Å²) in [6, 6.07) is 7.88. The van der Waals surface area contributed by atoms with Crippen LogP contribution in [0.4, 0.5) is 0 Å². The van der Waals surface area contributed by atoms with Gasteiger partial charge in [-0.05, 0) is 19.4 Å². The van der Waals surface area contributed by atoms with Crippen LogP contribution in [-0.2, 0) is 4.74 Å². The average molecular weight is 216 g/mol. The highest BCUT2D eigenvalue weighted by Crippen LogP contribution is 2.31. The summed E-state index contributed by atoms with van der Waals surface area (Å²) in [6.07, 6.45) is 0. The molecule has 0 fully saturated rings. The maximum absolute atomic E-state index is 5.73. The van der Waals surface area contributed by atoms with Crippen molar-refractivity contribution in [2.45, 2.75) is 25.9 Å². The van der Waals surface area contributed by atoms with E-state index >= 15 is 0 Å². The van der Waals surface area contributed by atoms with Gasteiger partial charge >= 0.3 is 0 Å². The largest absolute Gasteiger partial charge is 0.444 e. The van der Waals surface area contributed by atoms with E-state index in [9.17, 15) is 0 Å². The van der Waals surface area contributed by atoms with Crippen molar-refractivity contribution >= 4 is 5.90 Å². The van der Waals surface area contributed by atoms with E-state index in [0.29, 0.717) is 11.7 Å². The van der Waals surface area contributed by atoms with E-state index in [1.54, 1.807) is 0 Å². The van der Waals surface area contributed by atoms with Gasteiger partial charge in [-0.15, -0.1) is 0 Å². The predicted octanol–water partition coefficient (Wildman–Crippen LogP) is 2.33. The van der Waals surface area contributed by atoms with Gasteiger partial charge in [-0.3, -0.25) is 0 Å². The lowest BCUT2D eigenvalue weighted by molar-refractivity contribution is 0.405. The highest BCUT2D eigenvalue weighted by atomic mass is 16.5. The smallest absolute Gasteiger partial charge is 0.207 e. The van der Waals surface area contributed by atoms with Crippen LogP contribution in [0.15, 0.2) is 41.6 Å². The van der Waals surface area contributed by atoms with Gasteiger partial charge in [-0.2, -0.15) is 0 Å². The maximum atomic E-state index is 5.73. The molecule has 1 aliphatic rings. The van der Waals surface area contributed by atoms with Crippen molar-refractivity contribution < 1.29 is 4.74 Å². The lowest BCUT2D eigenvalue weighted by Crippen LogP contribution is -2.26. The monoisotopic (exact) mass is 216 g/mol. The van der Waals surface area contributed by atoms with Crippen molar-refractivity contribution in [2.75, 3.05) is 0 Å². The minimum atomic E-state index is -0.188. The zero-order valence-electron chi connectivity index (χ0n) is 9.60. The van der Waals surface area contributed by atoms with E-state index in [1.807, 2.05) is 19.1 Å². The van der Waals surface area contributed by atoms with Crippen LogP contribution in [-0.4, -0.2) is 11.9 Å². The maximum Gasteiger partial charge on any atom is 0.207 e. The van der Waals surface area contributed by atoms with E-state index in [-0.39, 0.29) is 12.1 Å². The van der Waals surface area contributed by atoms with Gasteiger partial charge in [0.15, 0.2) is 0 Å². The molecular formula is C13H16N2O. The summed E-state index contributed by atoms with van der Waals surface area (Å²) in [5.41, 5.74) is 8.03. The fraction of sp³-hybridized carbons (Fsp3) is 0.308. The summed E-state index contributed by atoms with van der Waals surface area (Å²) in [5, 5.41) is 0. The normalized spacial score (nSPS) is 21.6. The Bertz CT molecular complexity index is 449. The SMILES string of the molecule is C=C1OC(C(C)N)=NC1c1cccc(C)c1. The fourth-order valence-corrected chi connectivity index (χ4v) is 1.73. The Labute approximate surface area is 95.6 Å². The van der Waals surface area contributed by atoms with E-state index in [4.69, 9.17) is 10.5 Å². The molecular weight excluding hydrogens is 200 g/mol. The zero-order valence-corrected chi connectivity index (χ0v) is 9.60. The summed E-state index contributed by atoms with van der Waals surface area (Å²) < 4.78 is 5.46. The van der Waals surface area contributed by atoms with Crippen molar-refractivity contribution in [1.29, 1.82) is 0 Å². The lowest BCUT2D eigenvalue weighted by Gasteiger charge is -2.08. The average Bonchev–Trinajstić information content (AvgIpc) is 2.60. The summed E-state index contributed by atoms with van der Waals surface area (Å²) >= 11 is 0. The number of nitrogens with two attached hydrogens (primary N) is 1. The second-order valence-corrected chi connectivity index (χ2v) is 4.14. The first-order valence-electron chi connectivity index (χ1n) is 5.34.